The molecule has 0 radical (unpaired) electrons. The lowest BCUT2D eigenvalue weighted by molar-refractivity contribution is 0.160. The number of nitrogens with zero attached hydrogens (tertiary/aromatic N) is 6. The molecule has 2 saturated heterocycles. The van der Waals surface area contributed by atoms with Crippen LogP contribution < -0.4 is 10.6 Å². The van der Waals surface area contributed by atoms with Crippen LogP contribution in [0.4, 0.5) is 17.6 Å². The molecule has 3 aromatic heterocycles. The number of H-pyrrole nitrogens is 1. The standard InChI is InChI=1S/C23H31N9OS2/c1-3-17-7-15(8-18(4-2)32(17)35-31-11-14(10-24)12-31)25-23-27-21(19-5-6-34-22(19)28-23)26-20-9-16(13-33)29-30-20/h5-6,9,14-15,17-18,33H,3-4,7-8,11-13H2,1-2H3,(H3,25,26,27,28,29,30). The van der Waals surface area contributed by atoms with Crippen LogP contribution >= 0.6 is 23.5 Å². The lowest BCUT2D eigenvalue weighted by Gasteiger charge is -2.47. The molecule has 2 atom stereocenters. The zero-order chi connectivity index (χ0) is 24.4. The van der Waals surface area contributed by atoms with Crippen LogP contribution in [-0.4, -0.2) is 65.1 Å². The molecule has 0 amide bonds. The van der Waals surface area contributed by atoms with E-state index in [1.165, 1.54) is 0 Å². The zero-order valence-electron chi connectivity index (χ0n) is 19.9. The minimum atomic E-state index is -0.0933. The summed E-state index contributed by atoms with van der Waals surface area (Å²) in [6.45, 7) is 6.12. The van der Waals surface area contributed by atoms with Gasteiger partial charge in [-0.3, -0.25) is 5.10 Å². The highest BCUT2D eigenvalue weighted by Crippen LogP contribution is 2.38. The van der Waals surface area contributed by atoms with E-state index in [2.05, 4.69) is 49.4 Å². The Morgan fingerprint density at radius 1 is 1.26 bits per heavy atom. The van der Waals surface area contributed by atoms with Crippen LogP contribution in [-0.2, 0) is 6.61 Å². The quantitative estimate of drug-likeness (QED) is 0.310. The van der Waals surface area contributed by atoms with Gasteiger partial charge in [-0.25, -0.2) is 13.6 Å². The fourth-order valence-electron chi connectivity index (χ4n) is 4.75. The molecule has 5 heterocycles. The molecule has 2 fully saturated rings. The molecule has 2 aliphatic heterocycles. The first-order valence-electron chi connectivity index (χ1n) is 12.1. The van der Waals surface area contributed by atoms with Crippen molar-refractivity contribution < 1.29 is 5.11 Å². The van der Waals surface area contributed by atoms with Crippen LogP contribution in [0.3, 0.4) is 0 Å². The second-order valence-corrected chi connectivity index (χ2v) is 11.1. The average molecular weight is 514 g/mol. The number of piperidine rings is 1. The van der Waals surface area contributed by atoms with E-state index in [-0.39, 0.29) is 18.6 Å². The van der Waals surface area contributed by atoms with Crippen molar-refractivity contribution in [2.24, 2.45) is 5.92 Å². The molecule has 10 nitrogen and oxygen atoms in total. The Morgan fingerprint density at radius 2 is 2.03 bits per heavy atom. The zero-order valence-corrected chi connectivity index (χ0v) is 21.6. The van der Waals surface area contributed by atoms with Crippen molar-refractivity contribution in [3.8, 4) is 6.07 Å². The van der Waals surface area contributed by atoms with Crippen molar-refractivity contribution in [3.05, 3.63) is 23.2 Å². The maximum Gasteiger partial charge on any atom is 0.226 e. The summed E-state index contributed by atoms with van der Waals surface area (Å²) in [7, 11) is 0. The summed E-state index contributed by atoms with van der Waals surface area (Å²) >= 11 is 3.42. The number of hydrogen-bond donors (Lipinski definition) is 4. The molecule has 0 aromatic carbocycles. The van der Waals surface area contributed by atoms with Gasteiger partial charge in [-0.1, -0.05) is 13.8 Å². The number of nitriles is 1. The Morgan fingerprint density at radius 3 is 2.69 bits per heavy atom. The summed E-state index contributed by atoms with van der Waals surface area (Å²) in [6, 6.07) is 7.32. The number of anilines is 3. The van der Waals surface area contributed by atoms with E-state index in [4.69, 9.17) is 15.2 Å². The molecule has 0 spiro atoms. The molecule has 0 aliphatic carbocycles. The van der Waals surface area contributed by atoms with Gasteiger partial charge in [0.2, 0.25) is 5.95 Å². The third kappa shape index (κ3) is 5.24. The number of rotatable bonds is 9. The van der Waals surface area contributed by atoms with Gasteiger partial charge in [0.05, 0.1) is 29.7 Å². The van der Waals surface area contributed by atoms with Gasteiger partial charge < -0.3 is 15.7 Å². The van der Waals surface area contributed by atoms with Crippen molar-refractivity contribution >= 4 is 51.3 Å². The molecule has 2 unspecified atom stereocenters. The minimum Gasteiger partial charge on any atom is -0.390 e. The number of nitrogens with one attached hydrogen (secondary N) is 3. The lowest BCUT2D eigenvalue weighted by atomic mass is 9.91. The van der Waals surface area contributed by atoms with Crippen molar-refractivity contribution in [1.29, 1.82) is 5.26 Å². The SMILES string of the molecule is CCC1CC(Nc2nc(Nc3cc(CO)[nH]n3)c3ccsc3n2)CC(CC)N1SN1CC(C#N)C1. The van der Waals surface area contributed by atoms with E-state index < -0.39 is 0 Å². The van der Waals surface area contributed by atoms with Gasteiger partial charge in [-0.2, -0.15) is 15.3 Å². The van der Waals surface area contributed by atoms with E-state index in [1.807, 2.05) is 23.6 Å². The molecule has 2 aliphatic rings. The number of aliphatic hydroxyl groups is 1. The Kier molecular flexibility index (Phi) is 7.40. The molecule has 12 heteroatoms. The first-order chi connectivity index (χ1) is 17.1. The van der Waals surface area contributed by atoms with E-state index in [0.29, 0.717) is 35.4 Å². The van der Waals surface area contributed by atoms with Gasteiger partial charge in [0.15, 0.2) is 5.82 Å². The third-order valence-electron chi connectivity index (χ3n) is 6.72. The van der Waals surface area contributed by atoms with E-state index >= 15 is 0 Å². The van der Waals surface area contributed by atoms with Crippen molar-refractivity contribution in [2.75, 3.05) is 23.7 Å². The Balaban J connectivity index is 1.31. The first kappa shape index (κ1) is 24.3. The molecular formula is C23H31N9OS2. The van der Waals surface area contributed by atoms with Gasteiger partial charge in [0.1, 0.15) is 10.6 Å². The van der Waals surface area contributed by atoms with Crippen molar-refractivity contribution in [3.63, 3.8) is 0 Å². The molecule has 3 aromatic rings. The van der Waals surface area contributed by atoms with Crippen LogP contribution in [0.1, 0.15) is 45.2 Å². The third-order valence-corrected chi connectivity index (χ3v) is 8.84. The molecule has 35 heavy (non-hydrogen) atoms. The number of aromatic amines is 1. The normalized spacial score (nSPS) is 23.8. The highest BCUT2D eigenvalue weighted by molar-refractivity contribution is 7.94. The summed E-state index contributed by atoms with van der Waals surface area (Å²) in [4.78, 5) is 10.5. The van der Waals surface area contributed by atoms with Crippen molar-refractivity contribution in [1.82, 2.24) is 28.8 Å². The molecule has 186 valence electrons. The molecule has 0 bridgehead atoms. The van der Waals surface area contributed by atoms with Gasteiger partial charge in [0.25, 0.3) is 0 Å². The summed E-state index contributed by atoms with van der Waals surface area (Å²) < 4.78 is 4.88. The topological polar surface area (TPSA) is 129 Å². The number of thiophene rings is 1. The minimum absolute atomic E-state index is 0.0933. The summed E-state index contributed by atoms with van der Waals surface area (Å²) in [5.74, 6) is 2.10. The number of hydrogen-bond acceptors (Lipinski definition) is 11. The molecule has 5 rings (SSSR count). The van der Waals surface area contributed by atoms with Crippen LogP contribution in [0.25, 0.3) is 10.2 Å². The summed E-state index contributed by atoms with van der Waals surface area (Å²) in [5.41, 5.74) is 0.642. The average Bonchev–Trinajstić information content (AvgIpc) is 3.50. The smallest absolute Gasteiger partial charge is 0.226 e. The van der Waals surface area contributed by atoms with Crippen LogP contribution in [0.2, 0.25) is 0 Å². The van der Waals surface area contributed by atoms with Gasteiger partial charge in [0, 0.05) is 49.4 Å². The lowest BCUT2D eigenvalue weighted by Crippen LogP contribution is -2.52. The van der Waals surface area contributed by atoms with E-state index in [0.717, 1.165) is 49.0 Å². The molecule has 4 N–H and O–H groups in total. The van der Waals surface area contributed by atoms with Gasteiger partial charge in [-0.15, -0.1) is 11.3 Å². The monoisotopic (exact) mass is 513 g/mol. The van der Waals surface area contributed by atoms with Gasteiger partial charge in [-0.05, 0) is 37.1 Å². The molecule has 0 saturated carbocycles. The highest BCUT2D eigenvalue weighted by atomic mass is 32.2. The first-order valence-corrected chi connectivity index (χ1v) is 13.8. The Labute approximate surface area is 213 Å². The van der Waals surface area contributed by atoms with E-state index in [1.54, 1.807) is 17.4 Å². The fraction of sp³-hybridized carbons (Fsp3) is 0.565. The van der Waals surface area contributed by atoms with Gasteiger partial charge >= 0.3 is 0 Å². The highest BCUT2D eigenvalue weighted by Gasteiger charge is 2.38. The van der Waals surface area contributed by atoms with Crippen LogP contribution in [0, 0.1) is 17.2 Å². The fourth-order valence-corrected chi connectivity index (χ4v) is 7.01. The summed E-state index contributed by atoms with van der Waals surface area (Å²) in [5, 5.41) is 35.3. The van der Waals surface area contributed by atoms with E-state index in [9.17, 15) is 5.11 Å². The Hall–Kier alpha value is -2.43. The molecular weight excluding hydrogens is 482 g/mol. The van der Waals surface area contributed by atoms with Crippen molar-refractivity contribution in [2.45, 2.75) is 64.3 Å². The number of fused-ring (bicyclic) bond motifs is 1. The predicted octanol–water partition coefficient (Wildman–Crippen LogP) is 4.10. The summed E-state index contributed by atoms with van der Waals surface area (Å²) in [6.07, 6.45) is 4.18. The number of aliphatic hydroxyl groups excluding tert-OH is 1. The largest absolute Gasteiger partial charge is 0.390 e. The second kappa shape index (κ2) is 10.7. The Bertz CT molecular complexity index is 1170. The van der Waals surface area contributed by atoms with Crippen LogP contribution in [0.15, 0.2) is 17.5 Å². The number of aromatic nitrogens is 4. The maximum absolute atomic E-state index is 9.32. The maximum atomic E-state index is 9.32. The van der Waals surface area contributed by atoms with Crippen LogP contribution in [0.5, 0.6) is 0 Å². The predicted molar refractivity (Wildman–Crippen MR) is 140 cm³/mol. The second-order valence-electron chi connectivity index (χ2n) is 9.15.